The molecule has 0 aliphatic rings. The minimum atomic E-state index is -1.00. The van der Waals surface area contributed by atoms with Gasteiger partial charge in [-0.25, -0.2) is 0 Å². The third-order valence-corrected chi connectivity index (χ3v) is 3.62. The number of carbonyl (C=O) groups excluding carboxylic acids is 1. The first-order valence-corrected chi connectivity index (χ1v) is 8.33. The van der Waals surface area contributed by atoms with Crippen LogP contribution < -0.4 is 14.8 Å². The van der Waals surface area contributed by atoms with E-state index in [1.54, 1.807) is 12.1 Å². The molecular formula is C17H25ClN2O5. The summed E-state index contributed by atoms with van der Waals surface area (Å²) in [5.74, 6) is -0.367. The average Bonchev–Trinajstić information content (AvgIpc) is 2.55. The number of amides is 1. The van der Waals surface area contributed by atoms with Crippen LogP contribution in [0, 0.1) is 0 Å². The highest BCUT2D eigenvalue weighted by Gasteiger charge is 2.13. The number of nitrogens with zero attached hydrogens (tertiary/aromatic N) is 1. The van der Waals surface area contributed by atoms with E-state index in [9.17, 15) is 9.59 Å². The number of ether oxygens (including phenoxy) is 2. The Labute approximate surface area is 152 Å². The molecule has 7 nitrogen and oxygen atoms in total. The average molecular weight is 373 g/mol. The zero-order valence-electron chi connectivity index (χ0n) is 14.8. The number of carboxylic acid groups (broad SMARTS) is 1. The summed E-state index contributed by atoms with van der Waals surface area (Å²) in [4.78, 5) is 24.1. The molecule has 1 rings (SSSR count). The van der Waals surface area contributed by atoms with Gasteiger partial charge in [-0.2, -0.15) is 0 Å². The molecule has 1 amide bonds. The molecule has 2 N–H and O–H groups in total. The van der Waals surface area contributed by atoms with Gasteiger partial charge >= 0.3 is 5.97 Å². The highest BCUT2D eigenvalue weighted by Crippen LogP contribution is 2.36. The smallest absolute Gasteiger partial charge is 0.303 e. The Morgan fingerprint density at radius 3 is 2.60 bits per heavy atom. The molecule has 0 unspecified atom stereocenters. The van der Waals surface area contributed by atoms with E-state index in [1.807, 2.05) is 14.1 Å². The van der Waals surface area contributed by atoms with Crippen LogP contribution in [0.3, 0.4) is 0 Å². The molecule has 0 saturated heterocycles. The Bertz CT molecular complexity index is 593. The van der Waals surface area contributed by atoms with Gasteiger partial charge in [0.1, 0.15) is 0 Å². The van der Waals surface area contributed by atoms with Crippen molar-refractivity contribution in [3.63, 3.8) is 0 Å². The molecule has 8 heteroatoms. The molecule has 0 heterocycles. The van der Waals surface area contributed by atoms with Crippen LogP contribution in [0.25, 0.3) is 0 Å². The number of methoxy groups -OCH3 is 1. The normalized spacial score (nSPS) is 10.6. The standard InChI is InChI=1S/C17H25ClN2O5/c1-20(2)7-4-8-25-17-13(18)9-12(10-14(17)24-3)11-19-15(21)5-6-16(22)23/h9-10H,4-8,11H2,1-3H3,(H,19,21)(H,22,23). The van der Waals surface area contributed by atoms with Crippen LogP contribution >= 0.6 is 11.6 Å². The van der Waals surface area contributed by atoms with E-state index < -0.39 is 5.97 Å². The van der Waals surface area contributed by atoms with Crippen LogP contribution in [-0.4, -0.2) is 56.2 Å². The van der Waals surface area contributed by atoms with Crippen molar-refractivity contribution in [1.29, 1.82) is 0 Å². The maximum absolute atomic E-state index is 11.6. The molecule has 1 aromatic rings. The summed E-state index contributed by atoms with van der Waals surface area (Å²) in [5.41, 5.74) is 0.742. The molecule has 25 heavy (non-hydrogen) atoms. The van der Waals surface area contributed by atoms with E-state index in [-0.39, 0.29) is 25.3 Å². The third kappa shape index (κ3) is 8.09. The first-order chi connectivity index (χ1) is 11.8. The van der Waals surface area contributed by atoms with Crippen molar-refractivity contribution < 1.29 is 24.2 Å². The predicted molar refractivity (Wildman–Crippen MR) is 95.4 cm³/mol. The van der Waals surface area contributed by atoms with Crippen molar-refractivity contribution in [2.45, 2.75) is 25.8 Å². The summed E-state index contributed by atoms with van der Waals surface area (Å²) in [6.07, 6.45) is 0.594. The van der Waals surface area contributed by atoms with Crippen molar-refractivity contribution in [3.05, 3.63) is 22.7 Å². The highest BCUT2D eigenvalue weighted by molar-refractivity contribution is 6.32. The number of nitrogens with one attached hydrogen (secondary N) is 1. The lowest BCUT2D eigenvalue weighted by atomic mass is 10.2. The third-order valence-electron chi connectivity index (χ3n) is 3.34. The first-order valence-electron chi connectivity index (χ1n) is 7.96. The van der Waals surface area contributed by atoms with Gasteiger partial charge in [0.2, 0.25) is 5.91 Å². The Hall–Kier alpha value is -1.99. The van der Waals surface area contributed by atoms with Gasteiger partial charge in [0.05, 0.1) is 25.2 Å². The molecule has 1 aromatic carbocycles. The summed E-state index contributed by atoms with van der Waals surface area (Å²) in [5, 5.41) is 11.6. The summed E-state index contributed by atoms with van der Waals surface area (Å²) in [6.45, 7) is 1.65. The quantitative estimate of drug-likeness (QED) is 0.579. The van der Waals surface area contributed by atoms with Gasteiger partial charge < -0.3 is 24.8 Å². The number of benzene rings is 1. The van der Waals surface area contributed by atoms with Crippen LogP contribution in [0.1, 0.15) is 24.8 Å². The van der Waals surface area contributed by atoms with E-state index >= 15 is 0 Å². The van der Waals surface area contributed by atoms with E-state index in [2.05, 4.69) is 10.2 Å². The monoisotopic (exact) mass is 372 g/mol. The molecule has 0 aliphatic heterocycles. The van der Waals surface area contributed by atoms with Crippen molar-refractivity contribution in [2.24, 2.45) is 0 Å². The van der Waals surface area contributed by atoms with Gasteiger partial charge in [0, 0.05) is 19.5 Å². The molecular weight excluding hydrogens is 348 g/mol. The molecule has 0 aliphatic carbocycles. The van der Waals surface area contributed by atoms with E-state index in [0.29, 0.717) is 23.1 Å². The Morgan fingerprint density at radius 1 is 1.28 bits per heavy atom. The highest BCUT2D eigenvalue weighted by atomic mass is 35.5. The SMILES string of the molecule is COc1cc(CNC(=O)CCC(=O)O)cc(Cl)c1OCCCN(C)C. The summed E-state index contributed by atoms with van der Waals surface area (Å²) in [6, 6.07) is 3.44. The van der Waals surface area contributed by atoms with Crippen LogP contribution in [-0.2, 0) is 16.1 Å². The fraction of sp³-hybridized carbons (Fsp3) is 0.529. The van der Waals surface area contributed by atoms with Crippen molar-refractivity contribution in [1.82, 2.24) is 10.2 Å². The van der Waals surface area contributed by atoms with Gasteiger partial charge in [0.25, 0.3) is 0 Å². The molecule has 0 fully saturated rings. The van der Waals surface area contributed by atoms with Gasteiger partial charge in [-0.15, -0.1) is 0 Å². The van der Waals surface area contributed by atoms with Gasteiger partial charge in [-0.1, -0.05) is 11.6 Å². The molecule has 140 valence electrons. The minimum absolute atomic E-state index is 0.0622. The predicted octanol–water partition coefficient (Wildman–Crippen LogP) is 2.16. The molecule has 0 atom stereocenters. The Morgan fingerprint density at radius 2 is 2.00 bits per heavy atom. The lowest BCUT2D eigenvalue weighted by molar-refractivity contribution is -0.138. The van der Waals surface area contributed by atoms with E-state index in [4.69, 9.17) is 26.2 Å². The molecule has 0 bridgehead atoms. The van der Waals surface area contributed by atoms with Crippen molar-refractivity contribution in [2.75, 3.05) is 34.4 Å². The largest absolute Gasteiger partial charge is 0.493 e. The molecule has 0 saturated carbocycles. The van der Waals surface area contributed by atoms with Crippen molar-refractivity contribution in [3.8, 4) is 11.5 Å². The first kappa shape index (κ1) is 21.1. The topological polar surface area (TPSA) is 88.1 Å². The van der Waals surface area contributed by atoms with E-state index in [1.165, 1.54) is 7.11 Å². The zero-order valence-corrected chi connectivity index (χ0v) is 15.6. The number of carboxylic acids is 1. The second-order valence-corrected chi connectivity index (χ2v) is 6.19. The number of hydrogen-bond acceptors (Lipinski definition) is 5. The Kier molecular flexibility index (Phi) is 9.08. The second-order valence-electron chi connectivity index (χ2n) is 5.78. The van der Waals surface area contributed by atoms with Crippen LogP contribution in [0.5, 0.6) is 11.5 Å². The molecule has 0 spiro atoms. The van der Waals surface area contributed by atoms with Gasteiger partial charge in [-0.3, -0.25) is 9.59 Å². The molecule has 0 radical (unpaired) electrons. The van der Waals surface area contributed by atoms with Crippen LogP contribution in [0.15, 0.2) is 12.1 Å². The maximum atomic E-state index is 11.6. The van der Waals surface area contributed by atoms with Crippen LogP contribution in [0.2, 0.25) is 5.02 Å². The number of halogens is 1. The number of rotatable bonds is 11. The lowest BCUT2D eigenvalue weighted by Gasteiger charge is -2.15. The van der Waals surface area contributed by atoms with Crippen LogP contribution in [0.4, 0.5) is 0 Å². The minimum Gasteiger partial charge on any atom is -0.493 e. The van der Waals surface area contributed by atoms with Crippen molar-refractivity contribution >= 4 is 23.5 Å². The van der Waals surface area contributed by atoms with Gasteiger partial charge in [0.15, 0.2) is 11.5 Å². The second kappa shape index (κ2) is 10.8. The van der Waals surface area contributed by atoms with E-state index in [0.717, 1.165) is 18.5 Å². The number of aliphatic carboxylic acids is 1. The lowest BCUT2D eigenvalue weighted by Crippen LogP contribution is -2.23. The molecule has 0 aromatic heterocycles. The maximum Gasteiger partial charge on any atom is 0.303 e. The fourth-order valence-corrected chi connectivity index (χ4v) is 2.37. The van der Waals surface area contributed by atoms with Gasteiger partial charge in [-0.05, 0) is 38.2 Å². The zero-order chi connectivity index (χ0) is 18.8. The number of carbonyl (C=O) groups is 2. The summed E-state index contributed by atoms with van der Waals surface area (Å²) < 4.78 is 11.0. The Balaban J connectivity index is 2.64. The summed E-state index contributed by atoms with van der Waals surface area (Å²) in [7, 11) is 5.51. The number of hydrogen-bond donors (Lipinski definition) is 2. The fourth-order valence-electron chi connectivity index (χ4n) is 2.08. The summed E-state index contributed by atoms with van der Waals surface area (Å²) >= 11 is 6.27.